The van der Waals surface area contributed by atoms with Crippen molar-refractivity contribution in [2.45, 2.75) is 18.4 Å². The van der Waals surface area contributed by atoms with Gasteiger partial charge in [-0.25, -0.2) is 4.39 Å². The molecular weight excluding hydrogens is 593 g/mol. The summed E-state index contributed by atoms with van der Waals surface area (Å²) in [5.74, 6) is -3.25. The predicted octanol–water partition coefficient (Wildman–Crippen LogP) is 7.16. The highest BCUT2D eigenvalue weighted by atomic mass is 35.5. The maximum atomic E-state index is 14.1. The number of benzene rings is 3. The molecule has 14 heteroatoms. The first-order valence-corrected chi connectivity index (χ1v) is 12.5. The molecule has 0 saturated heterocycles. The average Bonchev–Trinajstić information content (AvgIpc) is 3.23. The van der Waals surface area contributed by atoms with Crippen LogP contribution in [0, 0.1) is 5.82 Å². The normalized spacial score (nSPS) is 14.7. The standard InChI is InChI=1S/C28H22ClF7N4O2/c1-4-39(2)24-20(40(3)13-27(31,32)33)12-19(37-25(41)14-9-15(28(34,35)36)11-16(30)10-14)21-22(24)26(42)38-23(21)17-7-5-6-8-18(17)29/h4-12,23H,1,13H2,2-3H3,(H,37,41)(H,38,42). The number of anilines is 3. The van der Waals surface area contributed by atoms with Gasteiger partial charge in [0.25, 0.3) is 11.8 Å². The highest BCUT2D eigenvalue weighted by molar-refractivity contribution is 6.31. The lowest BCUT2D eigenvalue weighted by atomic mass is 9.93. The van der Waals surface area contributed by atoms with Crippen molar-refractivity contribution in [3.8, 4) is 0 Å². The summed E-state index contributed by atoms with van der Waals surface area (Å²) in [4.78, 5) is 28.8. The number of alkyl halides is 6. The van der Waals surface area contributed by atoms with Gasteiger partial charge in [-0.2, -0.15) is 26.3 Å². The number of hydrogen-bond acceptors (Lipinski definition) is 4. The molecule has 0 aliphatic carbocycles. The van der Waals surface area contributed by atoms with Crippen LogP contribution in [0.2, 0.25) is 5.02 Å². The Bertz CT molecular complexity index is 1570. The summed E-state index contributed by atoms with van der Waals surface area (Å²) in [5.41, 5.74) is -2.15. The molecule has 0 radical (unpaired) electrons. The minimum atomic E-state index is -4.96. The van der Waals surface area contributed by atoms with Crippen LogP contribution in [0.3, 0.4) is 0 Å². The van der Waals surface area contributed by atoms with E-state index in [2.05, 4.69) is 17.2 Å². The molecule has 2 N–H and O–H groups in total. The van der Waals surface area contributed by atoms with Crippen LogP contribution >= 0.6 is 11.6 Å². The van der Waals surface area contributed by atoms with E-state index in [0.717, 1.165) is 18.0 Å². The molecule has 3 aromatic carbocycles. The van der Waals surface area contributed by atoms with Crippen molar-refractivity contribution >= 4 is 40.5 Å². The Morgan fingerprint density at radius 1 is 1.10 bits per heavy atom. The first-order valence-electron chi connectivity index (χ1n) is 12.1. The molecule has 1 unspecified atom stereocenters. The monoisotopic (exact) mass is 614 g/mol. The highest BCUT2D eigenvalue weighted by Crippen LogP contribution is 2.47. The number of nitrogens with zero attached hydrogens (tertiary/aromatic N) is 2. The van der Waals surface area contributed by atoms with E-state index in [0.29, 0.717) is 17.7 Å². The molecule has 1 aliphatic heterocycles. The fourth-order valence-corrected chi connectivity index (χ4v) is 4.94. The Kier molecular flexibility index (Phi) is 8.18. The zero-order valence-corrected chi connectivity index (χ0v) is 22.7. The molecule has 0 spiro atoms. The van der Waals surface area contributed by atoms with Crippen LogP contribution in [0.5, 0.6) is 0 Å². The van der Waals surface area contributed by atoms with Crippen molar-refractivity contribution in [1.82, 2.24) is 5.32 Å². The van der Waals surface area contributed by atoms with E-state index < -0.39 is 53.7 Å². The van der Waals surface area contributed by atoms with Gasteiger partial charge in [-0.1, -0.05) is 36.4 Å². The van der Waals surface area contributed by atoms with Gasteiger partial charge in [0.05, 0.1) is 28.5 Å². The smallest absolute Gasteiger partial charge is 0.364 e. The minimum absolute atomic E-state index is 0.0157. The SMILES string of the molecule is C=CN(C)c1c(N(C)CC(F)(F)F)cc(NC(=O)c2cc(F)cc(C(F)(F)F)c2)c2c1C(=O)NC2c1ccccc1Cl. The van der Waals surface area contributed by atoms with Crippen LogP contribution in [0.1, 0.15) is 43.4 Å². The van der Waals surface area contributed by atoms with Gasteiger partial charge < -0.3 is 20.4 Å². The first kappa shape index (κ1) is 30.7. The van der Waals surface area contributed by atoms with Crippen LogP contribution in [0.4, 0.5) is 47.8 Å². The van der Waals surface area contributed by atoms with E-state index in [4.69, 9.17) is 11.6 Å². The third-order valence-electron chi connectivity index (χ3n) is 6.52. The molecular formula is C28H22ClF7N4O2. The zero-order valence-electron chi connectivity index (χ0n) is 21.9. The van der Waals surface area contributed by atoms with Crippen molar-refractivity contribution in [3.63, 3.8) is 0 Å². The second-order valence-corrected chi connectivity index (χ2v) is 9.86. The van der Waals surface area contributed by atoms with Gasteiger partial charge >= 0.3 is 12.4 Å². The van der Waals surface area contributed by atoms with Crippen molar-refractivity contribution in [1.29, 1.82) is 0 Å². The van der Waals surface area contributed by atoms with Crippen molar-refractivity contribution in [2.24, 2.45) is 0 Å². The van der Waals surface area contributed by atoms with Gasteiger partial charge in [-0.15, -0.1) is 0 Å². The summed E-state index contributed by atoms with van der Waals surface area (Å²) in [5, 5.41) is 5.32. The number of nitrogens with one attached hydrogen (secondary N) is 2. The molecule has 222 valence electrons. The molecule has 4 rings (SSSR count). The molecule has 0 aromatic heterocycles. The summed E-state index contributed by atoms with van der Waals surface area (Å²) in [6.07, 6.45) is -8.37. The second-order valence-electron chi connectivity index (χ2n) is 9.45. The van der Waals surface area contributed by atoms with Crippen LogP contribution in [-0.2, 0) is 6.18 Å². The van der Waals surface area contributed by atoms with Crippen molar-refractivity contribution in [3.05, 3.63) is 100.0 Å². The molecule has 0 saturated carbocycles. The highest BCUT2D eigenvalue weighted by Gasteiger charge is 2.40. The lowest BCUT2D eigenvalue weighted by molar-refractivity contribution is -0.137. The average molecular weight is 615 g/mol. The number of rotatable bonds is 7. The first-order chi connectivity index (χ1) is 19.5. The zero-order chi connectivity index (χ0) is 31.1. The number of halogens is 8. The molecule has 0 fully saturated rings. The Balaban J connectivity index is 1.97. The summed E-state index contributed by atoms with van der Waals surface area (Å²) in [7, 11) is 2.56. The summed E-state index contributed by atoms with van der Waals surface area (Å²) < 4.78 is 94.3. The lowest BCUT2D eigenvalue weighted by Gasteiger charge is -2.30. The quantitative estimate of drug-likeness (QED) is 0.277. The van der Waals surface area contributed by atoms with E-state index in [1.165, 1.54) is 24.2 Å². The maximum absolute atomic E-state index is 14.1. The molecule has 1 heterocycles. The summed E-state index contributed by atoms with van der Waals surface area (Å²) >= 11 is 6.39. The molecule has 1 aliphatic rings. The number of carbonyl (C=O) groups excluding carboxylic acids is 2. The minimum Gasteiger partial charge on any atom is -0.364 e. The third-order valence-corrected chi connectivity index (χ3v) is 6.86. The molecule has 42 heavy (non-hydrogen) atoms. The molecule has 6 nitrogen and oxygen atoms in total. The number of amides is 2. The van der Waals surface area contributed by atoms with E-state index in [1.54, 1.807) is 18.2 Å². The lowest BCUT2D eigenvalue weighted by Crippen LogP contribution is -2.32. The van der Waals surface area contributed by atoms with Crippen LogP contribution in [-0.4, -0.2) is 38.6 Å². The van der Waals surface area contributed by atoms with Gasteiger partial charge in [0.15, 0.2) is 0 Å². The number of hydrogen-bond donors (Lipinski definition) is 2. The Morgan fingerprint density at radius 3 is 2.36 bits per heavy atom. The molecule has 2 amide bonds. The van der Waals surface area contributed by atoms with E-state index in [9.17, 15) is 40.3 Å². The van der Waals surface area contributed by atoms with E-state index in [-0.39, 0.29) is 39.3 Å². The van der Waals surface area contributed by atoms with E-state index >= 15 is 0 Å². The Hall–Kier alpha value is -4.26. The predicted molar refractivity (Wildman–Crippen MR) is 144 cm³/mol. The summed E-state index contributed by atoms with van der Waals surface area (Å²) in [6, 6.07) is 7.73. The number of carbonyl (C=O) groups is 2. The van der Waals surface area contributed by atoms with Crippen LogP contribution in [0.25, 0.3) is 0 Å². The van der Waals surface area contributed by atoms with Crippen molar-refractivity contribution in [2.75, 3.05) is 35.8 Å². The fourth-order valence-electron chi connectivity index (χ4n) is 4.70. The fraction of sp³-hybridized carbons (Fsp3) is 0.214. The largest absolute Gasteiger partial charge is 0.416 e. The van der Waals surface area contributed by atoms with Gasteiger partial charge in [0.2, 0.25) is 0 Å². The summed E-state index contributed by atoms with van der Waals surface area (Å²) in [6.45, 7) is 2.18. The molecule has 0 bridgehead atoms. The van der Waals surface area contributed by atoms with Crippen LogP contribution < -0.4 is 20.4 Å². The third kappa shape index (κ3) is 6.15. The topological polar surface area (TPSA) is 64.7 Å². The molecule has 3 aromatic rings. The maximum Gasteiger partial charge on any atom is 0.416 e. The number of fused-ring (bicyclic) bond motifs is 1. The molecule has 1 atom stereocenters. The van der Waals surface area contributed by atoms with E-state index in [1.807, 2.05) is 0 Å². The van der Waals surface area contributed by atoms with Gasteiger partial charge in [-0.3, -0.25) is 9.59 Å². The second kappa shape index (κ2) is 11.2. The van der Waals surface area contributed by atoms with Crippen molar-refractivity contribution < 1.29 is 40.3 Å². The Morgan fingerprint density at radius 2 is 1.76 bits per heavy atom. The van der Waals surface area contributed by atoms with Gasteiger partial charge in [0, 0.05) is 35.9 Å². The van der Waals surface area contributed by atoms with Gasteiger partial charge in [0.1, 0.15) is 12.4 Å². The van der Waals surface area contributed by atoms with Gasteiger partial charge in [-0.05, 0) is 42.1 Å². The van der Waals surface area contributed by atoms with Crippen LogP contribution in [0.15, 0.2) is 61.3 Å². The Labute approximate surface area is 240 Å².